The highest BCUT2D eigenvalue weighted by atomic mass is 35.5. The molecule has 36 heavy (non-hydrogen) atoms. The number of nitriles is 1. The Morgan fingerprint density at radius 3 is 2.75 bits per heavy atom. The second-order valence-corrected chi connectivity index (χ2v) is 12.3. The minimum absolute atomic E-state index is 0.160. The maximum atomic E-state index is 12.8. The van der Waals surface area contributed by atoms with E-state index in [1.165, 1.54) is 16.6 Å². The lowest BCUT2D eigenvalue weighted by molar-refractivity contribution is -0.113. The van der Waals surface area contributed by atoms with Crippen LogP contribution in [0, 0.1) is 22.7 Å². The van der Waals surface area contributed by atoms with Crippen molar-refractivity contribution in [1.82, 2.24) is 14.8 Å². The highest BCUT2D eigenvalue weighted by Crippen LogP contribution is 2.44. The maximum Gasteiger partial charge on any atom is 0.235 e. The standard InChI is InChI=1S/C26H30ClN5O2S2/c1-5-32-22(14-34-18-9-7-17(27)8-10-18)30-31-25(32)35-15-23(33)29-24-20(13-28)19-11-6-16(26(2,3)4)12-21(19)36-24/h7-10,16H,5-6,11-12,14-15H2,1-4H3,(H,29,33)/t16-/m0/s1. The van der Waals surface area contributed by atoms with Gasteiger partial charge in [0.25, 0.3) is 0 Å². The number of nitrogens with zero attached hydrogens (tertiary/aromatic N) is 4. The molecule has 2 aromatic heterocycles. The molecule has 0 saturated carbocycles. The van der Waals surface area contributed by atoms with E-state index in [0.717, 1.165) is 24.8 Å². The van der Waals surface area contributed by atoms with Gasteiger partial charge in [0.05, 0.1) is 11.3 Å². The molecule has 0 fully saturated rings. The number of anilines is 1. The Balaban J connectivity index is 1.37. The molecule has 190 valence electrons. The first kappa shape index (κ1) is 26.5. The van der Waals surface area contributed by atoms with Crippen LogP contribution in [0.2, 0.25) is 5.02 Å². The van der Waals surface area contributed by atoms with Gasteiger partial charge >= 0.3 is 0 Å². The molecular weight excluding hydrogens is 514 g/mol. The Morgan fingerprint density at radius 2 is 2.08 bits per heavy atom. The van der Waals surface area contributed by atoms with Crippen molar-refractivity contribution in [2.45, 2.75) is 65.3 Å². The molecule has 0 bridgehead atoms. The number of nitrogens with one attached hydrogen (secondary N) is 1. The zero-order valence-corrected chi connectivity index (χ0v) is 23.3. The summed E-state index contributed by atoms with van der Waals surface area (Å²) in [7, 11) is 0. The number of carbonyl (C=O) groups excluding carboxylic acids is 1. The third-order valence-electron chi connectivity index (χ3n) is 6.48. The molecule has 0 spiro atoms. The summed E-state index contributed by atoms with van der Waals surface area (Å²) in [6, 6.07) is 9.47. The van der Waals surface area contributed by atoms with Crippen molar-refractivity contribution in [3.05, 3.63) is 51.1 Å². The van der Waals surface area contributed by atoms with E-state index < -0.39 is 0 Å². The van der Waals surface area contributed by atoms with Crippen LogP contribution in [-0.2, 0) is 30.8 Å². The van der Waals surface area contributed by atoms with Gasteiger partial charge in [0.15, 0.2) is 11.0 Å². The molecule has 1 amide bonds. The van der Waals surface area contributed by atoms with Gasteiger partial charge in [-0.05, 0) is 67.3 Å². The second-order valence-electron chi connectivity index (χ2n) is 9.85. The monoisotopic (exact) mass is 543 g/mol. The van der Waals surface area contributed by atoms with Gasteiger partial charge in [0.1, 0.15) is 23.4 Å². The Hall–Kier alpha value is -2.54. The fourth-order valence-electron chi connectivity index (χ4n) is 4.35. The van der Waals surface area contributed by atoms with Crippen molar-refractivity contribution in [2.24, 2.45) is 11.3 Å². The molecule has 7 nitrogen and oxygen atoms in total. The molecule has 2 heterocycles. The number of hydrogen-bond acceptors (Lipinski definition) is 7. The molecule has 0 unspecified atom stereocenters. The number of carbonyl (C=O) groups is 1. The van der Waals surface area contributed by atoms with Crippen LogP contribution < -0.4 is 10.1 Å². The molecule has 3 aromatic rings. The number of benzene rings is 1. The molecule has 0 aliphatic heterocycles. The minimum atomic E-state index is -0.160. The number of thioether (sulfide) groups is 1. The lowest BCUT2D eigenvalue weighted by atomic mass is 9.72. The summed E-state index contributed by atoms with van der Waals surface area (Å²) in [5, 5.41) is 23.2. The summed E-state index contributed by atoms with van der Waals surface area (Å²) in [4.78, 5) is 14.0. The number of fused-ring (bicyclic) bond motifs is 1. The SMILES string of the molecule is CCn1c(COc2ccc(Cl)cc2)nnc1SCC(=O)Nc1sc2c(c1C#N)CC[C@H](C(C)(C)C)C2. The maximum absolute atomic E-state index is 12.8. The number of halogens is 1. The van der Waals surface area contributed by atoms with E-state index in [1.54, 1.807) is 35.6 Å². The smallest absolute Gasteiger partial charge is 0.235 e. The second kappa shape index (κ2) is 11.2. The van der Waals surface area contributed by atoms with Crippen LogP contribution in [0.5, 0.6) is 5.75 Å². The van der Waals surface area contributed by atoms with Gasteiger partial charge in [-0.3, -0.25) is 4.79 Å². The van der Waals surface area contributed by atoms with Crippen LogP contribution in [0.15, 0.2) is 29.4 Å². The van der Waals surface area contributed by atoms with Crippen molar-refractivity contribution in [2.75, 3.05) is 11.1 Å². The number of amides is 1. The normalized spacial score (nSPS) is 15.3. The number of thiophene rings is 1. The van der Waals surface area contributed by atoms with Gasteiger partial charge in [0.2, 0.25) is 5.91 Å². The van der Waals surface area contributed by atoms with Crippen LogP contribution in [0.1, 0.15) is 55.9 Å². The Bertz CT molecular complexity index is 1270. The largest absolute Gasteiger partial charge is 0.486 e. The quantitative estimate of drug-likeness (QED) is 0.333. The fraction of sp³-hybridized carbons (Fsp3) is 0.462. The van der Waals surface area contributed by atoms with Crippen molar-refractivity contribution < 1.29 is 9.53 Å². The Labute approximate surface area is 225 Å². The number of hydrogen-bond donors (Lipinski definition) is 1. The summed E-state index contributed by atoms with van der Waals surface area (Å²) < 4.78 is 7.74. The van der Waals surface area contributed by atoms with E-state index in [9.17, 15) is 10.1 Å². The van der Waals surface area contributed by atoms with Crippen LogP contribution >= 0.6 is 34.7 Å². The van der Waals surface area contributed by atoms with Gasteiger partial charge < -0.3 is 14.6 Å². The van der Waals surface area contributed by atoms with E-state index in [2.05, 4.69) is 42.4 Å². The molecule has 1 aliphatic rings. The zero-order chi connectivity index (χ0) is 25.9. The molecule has 0 saturated heterocycles. The lowest BCUT2D eigenvalue weighted by Crippen LogP contribution is -2.26. The molecule has 1 aliphatic carbocycles. The van der Waals surface area contributed by atoms with Crippen molar-refractivity contribution >= 4 is 45.6 Å². The Morgan fingerprint density at radius 1 is 1.33 bits per heavy atom. The van der Waals surface area contributed by atoms with Gasteiger partial charge in [-0.25, -0.2) is 0 Å². The number of rotatable bonds is 8. The van der Waals surface area contributed by atoms with Crippen LogP contribution in [0.4, 0.5) is 5.00 Å². The number of aromatic nitrogens is 3. The van der Waals surface area contributed by atoms with Crippen molar-refractivity contribution in [1.29, 1.82) is 5.26 Å². The van der Waals surface area contributed by atoms with Crippen LogP contribution in [0.3, 0.4) is 0 Å². The topological polar surface area (TPSA) is 92.8 Å². The van der Waals surface area contributed by atoms with E-state index in [4.69, 9.17) is 16.3 Å². The van der Waals surface area contributed by atoms with Gasteiger partial charge in [0, 0.05) is 16.4 Å². The van der Waals surface area contributed by atoms with E-state index in [0.29, 0.717) is 44.8 Å². The summed E-state index contributed by atoms with van der Waals surface area (Å²) in [5.74, 6) is 1.97. The summed E-state index contributed by atoms with van der Waals surface area (Å²) in [5.41, 5.74) is 1.96. The predicted molar refractivity (Wildman–Crippen MR) is 145 cm³/mol. The summed E-state index contributed by atoms with van der Waals surface area (Å²) in [6.45, 7) is 9.72. The van der Waals surface area contributed by atoms with E-state index >= 15 is 0 Å². The number of ether oxygens (including phenoxy) is 1. The predicted octanol–water partition coefficient (Wildman–Crippen LogP) is 6.35. The van der Waals surface area contributed by atoms with Crippen LogP contribution in [-0.4, -0.2) is 26.4 Å². The highest BCUT2D eigenvalue weighted by molar-refractivity contribution is 7.99. The highest BCUT2D eigenvalue weighted by Gasteiger charge is 2.32. The molecule has 1 N–H and O–H groups in total. The van der Waals surface area contributed by atoms with Crippen molar-refractivity contribution in [3.63, 3.8) is 0 Å². The first-order valence-electron chi connectivity index (χ1n) is 12.0. The third kappa shape index (κ3) is 6.05. The average molecular weight is 544 g/mol. The molecular formula is C26H30ClN5O2S2. The average Bonchev–Trinajstić information content (AvgIpc) is 3.40. The molecule has 0 radical (unpaired) electrons. The zero-order valence-electron chi connectivity index (χ0n) is 20.9. The molecule has 1 aromatic carbocycles. The fourth-order valence-corrected chi connectivity index (χ4v) is 6.59. The van der Waals surface area contributed by atoms with Gasteiger partial charge in [-0.15, -0.1) is 21.5 Å². The first-order chi connectivity index (χ1) is 17.2. The Kier molecular flexibility index (Phi) is 8.28. The molecule has 10 heteroatoms. The third-order valence-corrected chi connectivity index (χ3v) is 8.87. The van der Waals surface area contributed by atoms with Crippen LogP contribution in [0.25, 0.3) is 0 Å². The first-order valence-corrected chi connectivity index (χ1v) is 14.1. The van der Waals surface area contributed by atoms with Gasteiger partial charge in [-0.1, -0.05) is 44.1 Å². The minimum Gasteiger partial charge on any atom is -0.486 e. The molecule has 1 atom stereocenters. The van der Waals surface area contributed by atoms with E-state index in [1.807, 2.05) is 11.5 Å². The summed E-state index contributed by atoms with van der Waals surface area (Å²) >= 11 is 8.80. The lowest BCUT2D eigenvalue weighted by Gasteiger charge is -2.33. The van der Waals surface area contributed by atoms with Crippen molar-refractivity contribution in [3.8, 4) is 11.8 Å². The summed E-state index contributed by atoms with van der Waals surface area (Å²) in [6.07, 6.45) is 2.92. The molecule has 4 rings (SSSR count). The van der Waals surface area contributed by atoms with Gasteiger partial charge in [-0.2, -0.15) is 5.26 Å². The van der Waals surface area contributed by atoms with E-state index in [-0.39, 0.29) is 23.7 Å².